The minimum atomic E-state index is 0. The van der Waals surface area contributed by atoms with Crippen molar-refractivity contribution in [3.63, 3.8) is 0 Å². The summed E-state index contributed by atoms with van der Waals surface area (Å²) in [4.78, 5) is 6.80. The zero-order chi connectivity index (χ0) is 13.3. The van der Waals surface area contributed by atoms with Crippen LogP contribution in [-0.4, -0.2) is 49.2 Å². The van der Waals surface area contributed by atoms with Gasteiger partial charge in [0, 0.05) is 0 Å². The van der Waals surface area contributed by atoms with Crippen LogP contribution in [0.4, 0.5) is 6.01 Å². The first kappa shape index (κ1) is 15.3. The van der Waals surface area contributed by atoms with E-state index in [9.17, 15) is 0 Å². The average molecular weight is 385 g/mol. The largest absolute Gasteiger partial charge is 1.00 e. The van der Waals surface area contributed by atoms with E-state index in [0.29, 0.717) is 0 Å². The zero-order valence-electron chi connectivity index (χ0n) is 11.8. The number of piperazine rings is 1. The number of fused-ring (bicyclic) bond motifs is 1. The molecule has 1 aromatic heterocycles. The SMILES string of the molecule is C=CC[N+]1(C)CCN(c2nc3ccccc3o2)CC1.[I-]. The highest BCUT2D eigenvalue weighted by atomic mass is 127. The number of benzene rings is 1. The molecule has 1 fully saturated rings. The third-order valence-corrected chi connectivity index (χ3v) is 3.94. The smallest absolute Gasteiger partial charge is 0.298 e. The topological polar surface area (TPSA) is 29.3 Å². The quantitative estimate of drug-likeness (QED) is 0.397. The van der Waals surface area contributed by atoms with Crippen LogP contribution in [0.2, 0.25) is 0 Å². The molecule has 0 bridgehead atoms. The van der Waals surface area contributed by atoms with E-state index in [0.717, 1.165) is 54.3 Å². The van der Waals surface area contributed by atoms with Crippen LogP contribution in [0.25, 0.3) is 11.1 Å². The standard InChI is InChI=1S/C15H20N3O.HI/c1-3-10-18(2)11-8-17(9-12-18)15-16-13-6-4-5-7-14(13)19-15;/h3-7H,1,8-12H2,2H3;1H/q+1;/p-1. The third-order valence-electron chi connectivity index (χ3n) is 3.94. The van der Waals surface area contributed by atoms with Crippen LogP contribution in [0.3, 0.4) is 0 Å². The summed E-state index contributed by atoms with van der Waals surface area (Å²) in [6, 6.07) is 8.68. The Hall–Kier alpha value is -1.08. The number of para-hydroxylation sites is 2. The van der Waals surface area contributed by atoms with E-state index in [2.05, 4.69) is 23.5 Å². The number of quaternary nitrogens is 1. The van der Waals surface area contributed by atoms with E-state index in [4.69, 9.17) is 4.42 Å². The summed E-state index contributed by atoms with van der Waals surface area (Å²) in [6.07, 6.45) is 2.01. The first-order valence-corrected chi connectivity index (χ1v) is 6.75. The Bertz CT molecular complexity index is 555. The highest BCUT2D eigenvalue weighted by Crippen LogP contribution is 2.23. The molecule has 108 valence electrons. The minimum Gasteiger partial charge on any atom is -1.00 e. The fraction of sp³-hybridized carbons (Fsp3) is 0.400. The number of aromatic nitrogens is 1. The Kier molecular flexibility index (Phi) is 4.70. The van der Waals surface area contributed by atoms with Gasteiger partial charge in [-0.15, -0.1) is 0 Å². The van der Waals surface area contributed by atoms with Crippen molar-refractivity contribution in [1.29, 1.82) is 0 Å². The second-order valence-electron chi connectivity index (χ2n) is 5.49. The first-order chi connectivity index (χ1) is 9.20. The number of hydrogen-bond donors (Lipinski definition) is 0. The van der Waals surface area contributed by atoms with Crippen LogP contribution in [0.1, 0.15) is 0 Å². The van der Waals surface area contributed by atoms with Crippen molar-refractivity contribution in [2.75, 3.05) is 44.7 Å². The van der Waals surface area contributed by atoms with Gasteiger partial charge in [-0.3, -0.25) is 0 Å². The number of oxazole rings is 1. The van der Waals surface area contributed by atoms with Gasteiger partial charge in [-0.2, -0.15) is 4.98 Å². The second-order valence-corrected chi connectivity index (χ2v) is 5.49. The van der Waals surface area contributed by atoms with Crippen molar-refractivity contribution >= 4 is 17.1 Å². The number of hydrogen-bond acceptors (Lipinski definition) is 3. The fourth-order valence-corrected chi connectivity index (χ4v) is 2.63. The number of nitrogens with zero attached hydrogens (tertiary/aromatic N) is 3. The molecule has 0 aliphatic carbocycles. The van der Waals surface area contributed by atoms with Crippen molar-refractivity contribution in [3.8, 4) is 0 Å². The highest BCUT2D eigenvalue weighted by Gasteiger charge is 2.29. The lowest BCUT2D eigenvalue weighted by Gasteiger charge is -2.40. The molecule has 5 heteroatoms. The van der Waals surface area contributed by atoms with Crippen molar-refractivity contribution in [1.82, 2.24) is 4.98 Å². The molecule has 1 aliphatic heterocycles. The summed E-state index contributed by atoms with van der Waals surface area (Å²) in [7, 11) is 2.28. The van der Waals surface area contributed by atoms with Crippen molar-refractivity contribution < 1.29 is 32.9 Å². The molecule has 1 aromatic carbocycles. The molecule has 4 nitrogen and oxygen atoms in total. The van der Waals surface area contributed by atoms with E-state index in [-0.39, 0.29) is 24.0 Å². The maximum absolute atomic E-state index is 5.82. The van der Waals surface area contributed by atoms with Crippen LogP contribution in [-0.2, 0) is 0 Å². The van der Waals surface area contributed by atoms with Gasteiger partial charge in [-0.25, -0.2) is 0 Å². The number of halogens is 1. The van der Waals surface area contributed by atoms with Gasteiger partial charge in [-0.05, 0) is 18.2 Å². The molecule has 3 rings (SSSR count). The lowest BCUT2D eigenvalue weighted by atomic mass is 10.2. The maximum Gasteiger partial charge on any atom is 0.298 e. The van der Waals surface area contributed by atoms with Crippen molar-refractivity contribution in [2.45, 2.75) is 0 Å². The van der Waals surface area contributed by atoms with Crippen molar-refractivity contribution in [3.05, 3.63) is 36.9 Å². The molecule has 0 N–H and O–H groups in total. The summed E-state index contributed by atoms with van der Waals surface area (Å²) >= 11 is 0. The van der Waals surface area contributed by atoms with Crippen molar-refractivity contribution in [2.24, 2.45) is 0 Å². The average Bonchev–Trinajstić information content (AvgIpc) is 2.83. The van der Waals surface area contributed by atoms with E-state index >= 15 is 0 Å². The zero-order valence-corrected chi connectivity index (χ0v) is 13.9. The Morgan fingerprint density at radius 3 is 2.70 bits per heavy atom. The molecule has 0 saturated carbocycles. The molecule has 2 aromatic rings. The molecule has 0 spiro atoms. The Balaban J connectivity index is 0.00000147. The summed E-state index contributed by atoms with van der Waals surface area (Å²) in [5.41, 5.74) is 1.80. The third kappa shape index (κ3) is 2.98. The molecule has 0 unspecified atom stereocenters. The predicted molar refractivity (Wildman–Crippen MR) is 77.2 cm³/mol. The van der Waals surface area contributed by atoms with Gasteiger partial charge < -0.3 is 37.8 Å². The van der Waals surface area contributed by atoms with Crippen LogP contribution in [0.5, 0.6) is 0 Å². The first-order valence-electron chi connectivity index (χ1n) is 6.75. The minimum absolute atomic E-state index is 0. The van der Waals surface area contributed by atoms with Gasteiger partial charge in [0.2, 0.25) is 0 Å². The van der Waals surface area contributed by atoms with E-state index in [1.165, 1.54) is 0 Å². The number of likely N-dealkylation sites (N-methyl/N-ethyl adjacent to an activating group) is 1. The normalized spacial score (nSPS) is 17.8. The monoisotopic (exact) mass is 385 g/mol. The van der Waals surface area contributed by atoms with E-state index in [1.807, 2.05) is 30.3 Å². The summed E-state index contributed by atoms with van der Waals surface area (Å²) in [5.74, 6) is 0. The molecule has 1 saturated heterocycles. The lowest BCUT2D eigenvalue weighted by Crippen LogP contribution is -3.00. The molecule has 2 heterocycles. The summed E-state index contributed by atoms with van der Waals surface area (Å²) < 4.78 is 6.88. The molecule has 0 amide bonds. The van der Waals surface area contributed by atoms with Gasteiger partial charge >= 0.3 is 0 Å². The lowest BCUT2D eigenvalue weighted by molar-refractivity contribution is -0.904. The van der Waals surface area contributed by atoms with Crippen LogP contribution < -0.4 is 28.9 Å². The summed E-state index contributed by atoms with van der Waals surface area (Å²) in [5, 5.41) is 0. The molecule has 20 heavy (non-hydrogen) atoms. The molecule has 0 radical (unpaired) electrons. The highest BCUT2D eigenvalue weighted by molar-refractivity contribution is 5.74. The van der Waals surface area contributed by atoms with Gasteiger partial charge in [0.05, 0.1) is 39.8 Å². The van der Waals surface area contributed by atoms with E-state index in [1.54, 1.807) is 0 Å². The Labute approximate surface area is 136 Å². The number of rotatable bonds is 3. The molecule has 0 atom stereocenters. The summed E-state index contributed by atoms with van der Waals surface area (Å²) in [6.45, 7) is 9.05. The maximum atomic E-state index is 5.82. The van der Waals surface area contributed by atoms with E-state index < -0.39 is 0 Å². The predicted octanol–water partition coefficient (Wildman–Crippen LogP) is -0.716. The van der Waals surface area contributed by atoms with Gasteiger partial charge in [0.25, 0.3) is 6.01 Å². The Morgan fingerprint density at radius 2 is 2.05 bits per heavy atom. The fourth-order valence-electron chi connectivity index (χ4n) is 2.63. The van der Waals surface area contributed by atoms with Crippen LogP contribution in [0, 0.1) is 0 Å². The van der Waals surface area contributed by atoms with Crippen LogP contribution >= 0.6 is 0 Å². The Morgan fingerprint density at radius 1 is 1.35 bits per heavy atom. The van der Waals surface area contributed by atoms with Crippen LogP contribution in [0.15, 0.2) is 41.3 Å². The number of anilines is 1. The van der Waals surface area contributed by atoms with Gasteiger partial charge in [-0.1, -0.05) is 18.7 Å². The molecule has 1 aliphatic rings. The molecular weight excluding hydrogens is 365 g/mol. The molecular formula is C15H20IN3O. The second kappa shape index (κ2) is 6.13. The van der Waals surface area contributed by atoms with Gasteiger partial charge in [0.1, 0.15) is 5.52 Å². The van der Waals surface area contributed by atoms with Gasteiger partial charge in [0.15, 0.2) is 5.58 Å².